The van der Waals surface area contributed by atoms with Gasteiger partial charge < -0.3 is 15.2 Å². The minimum absolute atomic E-state index is 0. The van der Waals surface area contributed by atoms with E-state index < -0.39 is 6.04 Å². The molecule has 1 amide bonds. The molecule has 2 aromatic rings. The van der Waals surface area contributed by atoms with Crippen LogP contribution in [-0.4, -0.2) is 33.4 Å². The van der Waals surface area contributed by atoms with Gasteiger partial charge in [0.2, 0.25) is 5.91 Å². The van der Waals surface area contributed by atoms with Gasteiger partial charge in [-0.3, -0.25) is 4.79 Å². The van der Waals surface area contributed by atoms with Crippen LogP contribution in [0.3, 0.4) is 0 Å². The highest BCUT2D eigenvalue weighted by atomic mass is 35.5. The van der Waals surface area contributed by atoms with Crippen molar-refractivity contribution in [2.45, 2.75) is 31.8 Å². The molecular weight excluding hydrogens is 347 g/mol. The lowest BCUT2D eigenvalue weighted by Crippen LogP contribution is -2.43. The van der Waals surface area contributed by atoms with E-state index in [1.807, 2.05) is 48.6 Å². The van der Waals surface area contributed by atoms with E-state index in [-0.39, 0.29) is 30.7 Å². The third-order valence-electron chi connectivity index (χ3n) is 4.43. The van der Waals surface area contributed by atoms with Crippen LogP contribution in [0.1, 0.15) is 36.1 Å². The molecule has 0 aliphatic carbocycles. The average Bonchev–Trinajstić information content (AvgIpc) is 3.09. The highest BCUT2D eigenvalue weighted by Gasteiger charge is 2.27. The third-order valence-corrected chi connectivity index (χ3v) is 4.43. The highest BCUT2D eigenvalue weighted by Crippen LogP contribution is 2.24. The summed E-state index contributed by atoms with van der Waals surface area (Å²) >= 11 is 0. The van der Waals surface area contributed by atoms with Crippen LogP contribution in [0.5, 0.6) is 0 Å². The Hall–Kier alpha value is -1.56. The SMILES string of the molecule is Cc1ccc(C(N)C(=O)N2CCC(n3ccnc3)CC2)cc1.Cl.Cl. The van der Waals surface area contributed by atoms with Crippen molar-refractivity contribution in [1.29, 1.82) is 0 Å². The van der Waals surface area contributed by atoms with Crippen molar-refractivity contribution >= 4 is 30.7 Å². The molecule has 7 heteroatoms. The molecule has 0 radical (unpaired) electrons. The lowest BCUT2D eigenvalue weighted by Gasteiger charge is -2.34. The van der Waals surface area contributed by atoms with E-state index in [1.165, 1.54) is 5.56 Å². The van der Waals surface area contributed by atoms with Crippen LogP contribution >= 0.6 is 24.8 Å². The van der Waals surface area contributed by atoms with Crippen molar-refractivity contribution < 1.29 is 4.79 Å². The van der Waals surface area contributed by atoms with E-state index in [0.29, 0.717) is 6.04 Å². The van der Waals surface area contributed by atoms with E-state index in [2.05, 4.69) is 9.55 Å². The predicted molar refractivity (Wildman–Crippen MR) is 99.7 cm³/mol. The van der Waals surface area contributed by atoms with Gasteiger partial charge in [-0.2, -0.15) is 0 Å². The Morgan fingerprint density at radius 1 is 1.21 bits per heavy atom. The predicted octanol–water partition coefficient (Wildman–Crippen LogP) is 2.90. The minimum atomic E-state index is -0.564. The summed E-state index contributed by atoms with van der Waals surface area (Å²) in [5.74, 6) is 0.0212. The second kappa shape index (κ2) is 9.06. The van der Waals surface area contributed by atoms with Gasteiger partial charge in [-0.25, -0.2) is 4.98 Å². The standard InChI is InChI=1S/C17H22N4O.2ClH/c1-13-2-4-14(5-3-13)16(18)17(22)20-9-6-15(7-10-20)21-11-8-19-12-21;;/h2-5,8,11-12,15-16H,6-7,9-10,18H2,1H3;2*1H. The van der Waals surface area contributed by atoms with Crippen molar-refractivity contribution in [1.82, 2.24) is 14.5 Å². The molecule has 132 valence electrons. The maximum atomic E-state index is 12.6. The number of hydrogen-bond donors (Lipinski definition) is 1. The fraction of sp³-hybridized carbons (Fsp3) is 0.412. The van der Waals surface area contributed by atoms with E-state index >= 15 is 0 Å². The molecule has 1 aliphatic rings. The summed E-state index contributed by atoms with van der Waals surface area (Å²) in [5.41, 5.74) is 8.19. The van der Waals surface area contributed by atoms with Crippen LogP contribution in [-0.2, 0) is 4.79 Å². The molecule has 1 aliphatic heterocycles. The van der Waals surface area contributed by atoms with Crippen LogP contribution < -0.4 is 5.73 Å². The average molecular weight is 371 g/mol. The molecule has 0 bridgehead atoms. The van der Waals surface area contributed by atoms with Crippen LogP contribution in [0.25, 0.3) is 0 Å². The smallest absolute Gasteiger partial charge is 0.244 e. The van der Waals surface area contributed by atoms with Crippen LogP contribution in [0, 0.1) is 6.92 Å². The molecule has 1 atom stereocenters. The lowest BCUT2D eigenvalue weighted by atomic mass is 10.0. The van der Waals surface area contributed by atoms with E-state index in [1.54, 1.807) is 6.20 Å². The summed E-state index contributed by atoms with van der Waals surface area (Å²) in [5, 5.41) is 0. The minimum Gasteiger partial charge on any atom is -0.341 e. The van der Waals surface area contributed by atoms with Crippen molar-refractivity contribution in [3.8, 4) is 0 Å². The summed E-state index contributed by atoms with van der Waals surface area (Å²) in [6, 6.07) is 7.74. The Labute approximate surface area is 155 Å². The highest BCUT2D eigenvalue weighted by molar-refractivity contribution is 5.85. The summed E-state index contributed by atoms with van der Waals surface area (Å²) in [6.07, 6.45) is 7.52. The molecule has 1 unspecified atom stereocenters. The van der Waals surface area contributed by atoms with Crippen LogP contribution in [0.4, 0.5) is 0 Å². The van der Waals surface area contributed by atoms with Crippen molar-refractivity contribution in [2.75, 3.05) is 13.1 Å². The van der Waals surface area contributed by atoms with E-state index in [0.717, 1.165) is 31.5 Å². The van der Waals surface area contributed by atoms with Gasteiger partial charge in [-0.15, -0.1) is 24.8 Å². The molecule has 1 aromatic heterocycles. The molecule has 1 fully saturated rings. The van der Waals surface area contributed by atoms with Gasteiger partial charge in [0, 0.05) is 31.5 Å². The number of nitrogens with two attached hydrogens (primary N) is 1. The number of hydrogen-bond acceptors (Lipinski definition) is 3. The normalized spacial score (nSPS) is 16.0. The molecule has 0 spiro atoms. The molecule has 2 heterocycles. The van der Waals surface area contributed by atoms with Gasteiger partial charge in [0.1, 0.15) is 6.04 Å². The topological polar surface area (TPSA) is 64.2 Å². The molecule has 24 heavy (non-hydrogen) atoms. The van der Waals surface area contributed by atoms with Crippen molar-refractivity contribution in [2.24, 2.45) is 5.73 Å². The number of nitrogens with zero attached hydrogens (tertiary/aromatic N) is 3. The lowest BCUT2D eigenvalue weighted by molar-refractivity contribution is -0.134. The van der Waals surface area contributed by atoms with Gasteiger partial charge in [0.15, 0.2) is 0 Å². The van der Waals surface area contributed by atoms with E-state index in [9.17, 15) is 4.79 Å². The first kappa shape index (κ1) is 20.5. The number of piperidine rings is 1. The first-order valence-corrected chi connectivity index (χ1v) is 7.73. The van der Waals surface area contributed by atoms with Crippen molar-refractivity contribution in [3.63, 3.8) is 0 Å². The van der Waals surface area contributed by atoms with Crippen LogP contribution in [0.15, 0.2) is 43.0 Å². The number of carbonyl (C=O) groups is 1. The molecule has 2 N–H and O–H groups in total. The zero-order chi connectivity index (χ0) is 15.5. The number of halogens is 2. The number of likely N-dealkylation sites (tertiary alicyclic amines) is 1. The third kappa shape index (κ3) is 4.50. The first-order valence-electron chi connectivity index (χ1n) is 7.73. The summed E-state index contributed by atoms with van der Waals surface area (Å²) in [7, 11) is 0. The Morgan fingerprint density at radius 3 is 2.38 bits per heavy atom. The second-order valence-electron chi connectivity index (χ2n) is 5.95. The Morgan fingerprint density at radius 2 is 1.83 bits per heavy atom. The molecule has 1 aromatic carbocycles. The summed E-state index contributed by atoms with van der Waals surface area (Å²) < 4.78 is 2.13. The zero-order valence-corrected chi connectivity index (χ0v) is 15.3. The number of aromatic nitrogens is 2. The van der Waals surface area contributed by atoms with Gasteiger partial charge >= 0.3 is 0 Å². The van der Waals surface area contributed by atoms with Gasteiger partial charge in [-0.05, 0) is 25.3 Å². The van der Waals surface area contributed by atoms with Crippen molar-refractivity contribution in [3.05, 3.63) is 54.1 Å². The number of imidazole rings is 1. The monoisotopic (exact) mass is 370 g/mol. The van der Waals surface area contributed by atoms with E-state index in [4.69, 9.17) is 5.73 Å². The molecule has 1 saturated heterocycles. The number of benzene rings is 1. The number of aryl methyl sites for hydroxylation is 1. The Kier molecular flexibility index (Phi) is 7.73. The Balaban J connectivity index is 0.00000144. The van der Waals surface area contributed by atoms with Gasteiger partial charge in [0.05, 0.1) is 6.33 Å². The molecule has 5 nitrogen and oxygen atoms in total. The fourth-order valence-corrected chi connectivity index (χ4v) is 2.98. The van der Waals surface area contributed by atoms with Crippen LogP contribution in [0.2, 0.25) is 0 Å². The second-order valence-corrected chi connectivity index (χ2v) is 5.95. The largest absolute Gasteiger partial charge is 0.341 e. The molecular formula is C17H24Cl2N4O. The number of rotatable bonds is 3. The van der Waals surface area contributed by atoms with Gasteiger partial charge in [0.25, 0.3) is 0 Å². The summed E-state index contributed by atoms with van der Waals surface area (Å²) in [4.78, 5) is 18.5. The quantitative estimate of drug-likeness (QED) is 0.902. The summed E-state index contributed by atoms with van der Waals surface area (Å²) in [6.45, 7) is 3.53. The maximum absolute atomic E-state index is 12.6. The zero-order valence-electron chi connectivity index (χ0n) is 13.7. The number of amides is 1. The van der Waals surface area contributed by atoms with Gasteiger partial charge in [-0.1, -0.05) is 29.8 Å². The first-order chi connectivity index (χ1) is 10.6. The molecule has 0 saturated carbocycles. The number of carbonyl (C=O) groups excluding carboxylic acids is 1. The fourth-order valence-electron chi connectivity index (χ4n) is 2.98. The molecule has 3 rings (SSSR count). The maximum Gasteiger partial charge on any atom is 0.244 e. The Bertz CT molecular complexity index is 623.